The number of halogens is 1. The summed E-state index contributed by atoms with van der Waals surface area (Å²) in [5.74, 6) is -1.58. The molecule has 1 atom stereocenters. The van der Waals surface area contributed by atoms with Gasteiger partial charge < -0.3 is 10.0 Å². The molecular weight excluding hydrogens is 246 g/mol. The number of hydrogen-bond donors (Lipinski definition) is 1. The first-order valence-corrected chi connectivity index (χ1v) is 5.32. The van der Waals surface area contributed by atoms with Gasteiger partial charge in [0.1, 0.15) is 16.9 Å². The van der Waals surface area contributed by atoms with E-state index in [1.165, 1.54) is 19.4 Å². The molecule has 1 amide bonds. The molecular formula is C10H12ClN3O3. The summed E-state index contributed by atoms with van der Waals surface area (Å²) in [6, 6.07) is -0.886. The van der Waals surface area contributed by atoms with E-state index in [2.05, 4.69) is 9.97 Å². The number of carboxylic acids is 1. The van der Waals surface area contributed by atoms with Gasteiger partial charge in [0, 0.05) is 7.05 Å². The zero-order chi connectivity index (χ0) is 13.0. The monoisotopic (exact) mass is 257 g/mol. The van der Waals surface area contributed by atoms with Crippen LogP contribution in [0.4, 0.5) is 0 Å². The number of carbonyl (C=O) groups is 2. The number of amides is 1. The highest BCUT2D eigenvalue weighted by Crippen LogP contribution is 2.09. The van der Waals surface area contributed by atoms with Crippen molar-refractivity contribution in [1.82, 2.24) is 14.9 Å². The third-order valence-electron chi connectivity index (χ3n) is 2.28. The fourth-order valence-corrected chi connectivity index (χ4v) is 1.53. The van der Waals surface area contributed by atoms with Crippen LogP contribution in [0.1, 0.15) is 23.8 Å². The van der Waals surface area contributed by atoms with Gasteiger partial charge >= 0.3 is 5.97 Å². The fraction of sp³-hybridized carbons (Fsp3) is 0.400. The second-order valence-corrected chi connectivity index (χ2v) is 3.79. The van der Waals surface area contributed by atoms with Gasteiger partial charge in [0.05, 0.1) is 12.4 Å². The highest BCUT2D eigenvalue weighted by atomic mass is 35.5. The van der Waals surface area contributed by atoms with Crippen molar-refractivity contribution in [1.29, 1.82) is 0 Å². The summed E-state index contributed by atoms with van der Waals surface area (Å²) in [6.07, 6.45) is 2.86. The van der Waals surface area contributed by atoms with Crippen LogP contribution in [0.3, 0.4) is 0 Å². The molecule has 1 heterocycles. The third kappa shape index (κ3) is 3.13. The Labute approximate surface area is 103 Å². The lowest BCUT2D eigenvalue weighted by Crippen LogP contribution is -2.42. The molecule has 0 bridgehead atoms. The molecule has 0 saturated heterocycles. The minimum atomic E-state index is -1.06. The van der Waals surface area contributed by atoms with Crippen molar-refractivity contribution in [3.63, 3.8) is 0 Å². The number of nitrogens with zero attached hydrogens (tertiary/aromatic N) is 3. The quantitative estimate of drug-likeness (QED) is 0.872. The summed E-state index contributed by atoms with van der Waals surface area (Å²) in [4.78, 5) is 31.5. The predicted octanol–water partition coefficient (Wildman–Crippen LogP) is 1.07. The molecule has 0 aromatic carbocycles. The average molecular weight is 258 g/mol. The lowest BCUT2D eigenvalue weighted by Gasteiger charge is -2.23. The number of rotatable bonds is 4. The maximum atomic E-state index is 11.9. The van der Waals surface area contributed by atoms with Crippen LogP contribution in [-0.4, -0.2) is 44.9 Å². The molecule has 1 rings (SSSR count). The molecule has 0 saturated carbocycles. The maximum absolute atomic E-state index is 11.9. The van der Waals surface area contributed by atoms with Gasteiger partial charge in [-0.3, -0.25) is 9.78 Å². The zero-order valence-corrected chi connectivity index (χ0v) is 10.2. The maximum Gasteiger partial charge on any atom is 0.326 e. The largest absolute Gasteiger partial charge is 0.480 e. The van der Waals surface area contributed by atoms with E-state index in [0.717, 1.165) is 4.90 Å². The molecule has 0 aliphatic heterocycles. The number of hydrogen-bond acceptors (Lipinski definition) is 4. The lowest BCUT2D eigenvalue weighted by molar-refractivity contribution is -0.142. The zero-order valence-electron chi connectivity index (χ0n) is 9.42. The molecule has 0 fully saturated rings. The summed E-state index contributed by atoms with van der Waals surface area (Å²) in [5.41, 5.74) is 0.0275. The number of carboxylic acid groups (broad SMARTS) is 1. The van der Waals surface area contributed by atoms with Crippen molar-refractivity contribution in [2.75, 3.05) is 7.05 Å². The molecule has 0 radical (unpaired) electrons. The van der Waals surface area contributed by atoms with E-state index in [0.29, 0.717) is 6.42 Å². The summed E-state index contributed by atoms with van der Waals surface area (Å²) in [5, 5.41) is 9.03. The van der Waals surface area contributed by atoms with Crippen LogP contribution in [0.15, 0.2) is 12.4 Å². The molecule has 6 nitrogen and oxygen atoms in total. The summed E-state index contributed by atoms with van der Waals surface area (Å²) in [6.45, 7) is 1.69. The highest BCUT2D eigenvalue weighted by molar-refractivity contribution is 6.29. The van der Waals surface area contributed by atoms with E-state index in [-0.39, 0.29) is 10.8 Å². The topological polar surface area (TPSA) is 83.4 Å². The van der Waals surface area contributed by atoms with Crippen molar-refractivity contribution in [3.05, 3.63) is 23.2 Å². The van der Waals surface area contributed by atoms with Crippen LogP contribution in [0, 0.1) is 0 Å². The van der Waals surface area contributed by atoms with Crippen molar-refractivity contribution in [2.45, 2.75) is 19.4 Å². The summed E-state index contributed by atoms with van der Waals surface area (Å²) in [7, 11) is 1.41. The van der Waals surface area contributed by atoms with Gasteiger partial charge in [-0.1, -0.05) is 18.5 Å². The van der Waals surface area contributed by atoms with Gasteiger partial charge in [-0.25, -0.2) is 9.78 Å². The first-order valence-electron chi connectivity index (χ1n) is 4.94. The number of aromatic nitrogens is 2. The van der Waals surface area contributed by atoms with Gasteiger partial charge in [-0.15, -0.1) is 0 Å². The molecule has 1 aromatic heterocycles. The van der Waals surface area contributed by atoms with E-state index < -0.39 is 17.9 Å². The molecule has 0 aliphatic carbocycles. The Balaban J connectivity index is 2.93. The Kier molecular flexibility index (Phi) is 4.39. The van der Waals surface area contributed by atoms with Crippen LogP contribution in [0.5, 0.6) is 0 Å². The Morgan fingerprint density at radius 3 is 2.65 bits per heavy atom. The molecule has 17 heavy (non-hydrogen) atoms. The van der Waals surface area contributed by atoms with Crippen LogP contribution >= 0.6 is 11.6 Å². The number of likely N-dealkylation sites (N-methyl/N-ethyl adjacent to an activating group) is 1. The van der Waals surface area contributed by atoms with Gasteiger partial charge in [0.25, 0.3) is 5.91 Å². The fourth-order valence-electron chi connectivity index (χ4n) is 1.38. The van der Waals surface area contributed by atoms with E-state index in [9.17, 15) is 9.59 Å². The van der Waals surface area contributed by atoms with E-state index in [1.807, 2.05) is 0 Å². The molecule has 92 valence electrons. The minimum Gasteiger partial charge on any atom is -0.480 e. The normalized spacial score (nSPS) is 11.9. The smallest absolute Gasteiger partial charge is 0.326 e. The third-order valence-corrected chi connectivity index (χ3v) is 2.47. The van der Waals surface area contributed by atoms with Gasteiger partial charge in [0.2, 0.25) is 0 Å². The Morgan fingerprint density at radius 1 is 1.53 bits per heavy atom. The molecule has 1 unspecified atom stereocenters. The van der Waals surface area contributed by atoms with Gasteiger partial charge in [0.15, 0.2) is 0 Å². The number of carbonyl (C=O) groups excluding carboxylic acids is 1. The second kappa shape index (κ2) is 5.58. The molecule has 0 spiro atoms. The Morgan fingerprint density at radius 2 is 2.18 bits per heavy atom. The van der Waals surface area contributed by atoms with Crippen molar-refractivity contribution in [2.24, 2.45) is 0 Å². The SMILES string of the molecule is CCC(C(=O)O)N(C)C(=O)c1cncc(Cl)n1. The van der Waals surface area contributed by atoms with Gasteiger partial charge in [-0.05, 0) is 6.42 Å². The van der Waals surface area contributed by atoms with E-state index >= 15 is 0 Å². The summed E-state index contributed by atoms with van der Waals surface area (Å²) < 4.78 is 0. The average Bonchev–Trinajstić information content (AvgIpc) is 2.28. The first-order chi connectivity index (χ1) is 7.97. The van der Waals surface area contributed by atoms with E-state index in [1.54, 1.807) is 6.92 Å². The van der Waals surface area contributed by atoms with Crippen molar-refractivity contribution in [3.8, 4) is 0 Å². The molecule has 1 aromatic rings. The predicted molar refractivity (Wildman–Crippen MR) is 60.9 cm³/mol. The molecule has 7 heteroatoms. The van der Waals surface area contributed by atoms with Crippen molar-refractivity contribution < 1.29 is 14.7 Å². The standard InChI is InChI=1S/C10H12ClN3O3/c1-3-7(10(16)17)14(2)9(15)6-4-12-5-8(11)13-6/h4-5,7H,3H2,1-2H3,(H,16,17). The van der Waals surface area contributed by atoms with E-state index in [4.69, 9.17) is 16.7 Å². The molecule has 1 N–H and O–H groups in total. The molecule has 0 aliphatic rings. The summed E-state index contributed by atoms with van der Waals surface area (Å²) >= 11 is 5.61. The highest BCUT2D eigenvalue weighted by Gasteiger charge is 2.26. The van der Waals surface area contributed by atoms with Crippen LogP contribution in [-0.2, 0) is 4.79 Å². The Bertz CT molecular complexity index is 439. The van der Waals surface area contributed by atoms with Gasteiger partial charge in [-0.2, -0.15) is 0 Å². The van der Waals surface area contributed by atoms with Crippen LogP contribution in [0.25, 0.3) is 0 Å². The van der Waals surface area contributed by atoms with Crippen molar-refractivity contribution >= 4 is 23.5 Å². The second-order valence-electron chi connectivity index (χ2n) is 3.41. The van der Waals surface area contributed by atoms with Crippen LogP contribution in [0.2, 0.25) is 5.15 Å². The Hall–Kier alpha value is -1.69. The lowest BCUT2D eigenvalue weighted by atomic mass is 10.2. The number of aliphatic carboxylic acids is 1. The van der Waals surface area contributed by atoms with Crippen LogP contribution < -0.4 is 0 Å². The first kappa shape index (κ1) is 13.4. The minimum absolute atomic E-state index is 0.0275.